The van der Waals surface area contributed by atoms with Crippen molar-refractivity contribution in [2.24, 2.45) is 0 Å². The van der Waals surface area contributed by atoms with Crippen LogP contribution in [0.5, 0.6) is 0 Å². The van der Waals surface area contributed by atoms with Crippen LogP contribution in [0.15, 0.2) is 76.8 Å². The first-order valence-corrected chi connectivity index (χ1v) is 12.0. The van der Waals surface area contributed by atoms with E-state index in [0.717, 1.165) is 22.9 Å². The van der Waals surface area contributed by atoms with Crippen LogP contribution in [0.25, 0.3) is 16.7 Å². The van der Waals surface area contributed by atoms with Gasteiger partial charge in [0.05, 0.1) is 23.2 Å². The molecule has 0 fully saturated rings. The molecule has 0 atom stereocenters. The molecule has 0 aliphatic rings. The van der Waals surface area contributed by atoms with E-state index in [1.807, 2.05) is 50.2 Å². The first kappa shape index (κ1) is 24.2. The molecule has 4 rings (SSSR count). The molecule has 0 unspecified atom stereocenters. The fourth-order valence-electron chi connectivity index (χ4n) is 3.48. The number of fused-ring (bicyclic) bond motifs is 1. The molecule has 178 valence electrons. The number of benzene rings is 2. The molecule has 0 aliphatic carbocycles. The van der Waals surface area contributed by atoms with Crippen molar-refractivity contribution in [1.29, 1.82) is 0 Å². The second kappa shape index (κ2) is 10.5. The van der Waals surface area contributed by atoms with E-state index in [0.29, 0.717) is 27.6 Å². The second-order valence-corrected chi connectivity index (χ2v) is 9.09. The molecule has 9 heteroatoms. The number of anilines is 1. The first-order valence-electron chi connectivity index (χ1n) is 11.0. The van der Waals surface area contributed by atoms with E-state index in [2.05, 4.69) is 15.3 Å². The van der Waals surface area contributed by atoms with E-state index < -0.39 is 0 Å². The van der Waals surface area contributed by atoms with Gasteiger partial charge < -0.3 is 10.2 Å². The van der Waals surface area contributed by atoms with E-state index in [1.54, 1.807) is 37.5 Å². The van der Waals surface area contributed by atoms with Crippen LogP contribution in [0, 0.1) is 13.8 Å². The number of likely N-dealkylation sites (N-methyl/N-ethyl adjacent to an activating group) is 1. The van der Waals surface area contributed by atoms with Crippen molar-refractivity contribution in [1.82, 2.24) is 19.4 Å². The average Bonchev–Trinajstić information content (AvgIpc) is 2.84. The molecule has 0 radical (unpaired) electrons. The predicted octanol–water partition coefficient (Wildman–Crippen LogP) is 3.59. The SMILES string of the molecule is Cc1ccc(NC(=O)CN(C)C(=O)CSc2nc3ccccc3c(=O)n2-c2ncccc2C)cc1. The third kappa shape index (κ3) is 5.58. The lowest BCUT2D eigenvalue weighted by Crippen LogP contribution is -2.36. The molecule has 2 aromatic heterocycles. The molecule has 2 aromatic carbocycles. The highest BCUT2D eigenvalue weighted by molar-refractivity contribution is 7.99. The Morgan fingerprint density at radius 3 is 2.51 bits per heavy atom. The Bertz CT molecular complexity index is 1450. The minimum atomic E-state index is -0.292. The molecule has 8 nitrogen and oxygen atoms in total. The maximum absolute atomic E-state index is 13.3. The summed E-state index contributed by atoms with van der Waals surface area (Å²) in [5.74, 6) is -0.0813. The number of carbonyl (C=O) groups is 2. The number of hydrogen-bond donors (Lipinski definition) is 1. The number of carbonyl (C=O) groups excluding carboxylic acids is 2. The zero-order chi connectivity index (χ0) is 24.9. The molecule has 0 saturated heterocycles. The number of para-hydroxylation sites is 1. The van der Waals surface area contributed by atoms with Gasteiger partial charge in [0.15, 0.2) is 5.16 Å². The van der Waals surface area contributed by atoms with E-state index in [9.17, 15) is 14.4 Å². The lowest BCUT2D eigenvalue weighted by Gasteiger charge is -2.18. The topological polar surface area (TPSA) is 97.2 Å². The Hall–Kier alpha value is -3.98. The van der Waals surface area contributed by atoms with Gasteiger partial charge in [0, 0.05) is 18.9 Å². The third-order valence-corrected chi connectivity index (χ3v) is 6.33. The molecule has 0 aliphatic heterocycles. The van der Waals surface area contributed by atoms with Gasteiger partial charge in [-0.2, -0.15) is 0 Å². The molecule has 0 saturated carbocycles. The number of nitrogens with one attached hydrogen (secondary N) is 1. The Morgan fingerprint density at radius 2 is 1.77 bits per heavy atom. The third-order valence-electron chi connectivity index (χ3n) is 5.41. The van der Waals surface area contributed by atoms with Crippen molar-refractivity contribution < 1.29 is 9.59 Å². The fourth-order valence-corrected chi connectivity index (χ4v) is 4.42. The fraction of sp³-hybridized carbons (Fsp3) is 0.192. The second-order valence-electron chi connectivity index (χ2n) is 8.15. The van der Waals surface area contributed by atoms with Crippen molar-refractivity contribution in [2.75, 3.05) is 24.7 Å². The van der Waals surface area contributed by atoms with Gasteiger partial charge in [-0.25, -0.2) is 14.5 Å². The van der Waals surface area contributed by atoms with Crippen LogP contribution < -0.4 is 10.9 Å². The van der Waals surface area contributed by atoms with E-state index in [4.69, 9.17) is 0 Å². The van der Waals surface area contributed by atoms with Gasteiger partial charge in [-0.3, -0.25) is 14.4 Å². The molecular formula is C26H25N5O3S. The number of pyridine rings is 1. The van der Waals surface area contributed by atoms with Crippen LogP contribution >= 0.6 is 11.8 Å². The van der Waals surface area contributed by atoms with Gasteiger partial charge >= 0.3 is 0 Å². The van der Waals surface area contributed by atoms with Crippen molar-refractivity contribution >= 4 is 40.2 Å². The van der Waals surface area contributed by atoms with Gasteiger partial charge in [0.25, 0.3) is 5.56 Å². The van der Waals surface area contributed by atoms with Gasteiger partial charge in [-0.15, -0.1) is 0 Å². The number of aryl methyl sites for hydroxylation is 2. The van der Waals surface area contributed by atoms with Gasteiger partial charge in [-0.05, 0) is 49.7 Å². The summed E-state index contributed by atoms with van der Waals surface area (Å²) in [6.07, 6.45) is 1.62. The highest BCUT2D eigenvalue weighted by atomic mass is 32.2. The summed E-state index contributed by atoms with van der Waals surface area (Å²) in [5.41, 5.74) is 2.87. The Morgan fingerprint density at radius 1 is 1.03 bits per heavy atom. The van der Waals surface area contributed by atoms with Crippen LogP contribution in [0.3, 0.4) is 0 Å². The zero-order valence-corrected chi connectivity index (χ0v) is 20.5. The van der Waals surface area contributed by atoms with Crippen LogP contribution in [0.2, 0.25) is 0 Å². The van der Waals surface area contributed by atoms with Crippen LogP contribution in [-0.2, 0) is 9.59 Å². The average molecular weight is 488 g/mol. The van der Waals surface area contributed by atoms with Crippen molar-refractivity contribution in [3.05, 3.63) is 88.3 Å². The minimum Gasteiger partial charge on any atom is -0.336 e. The summed E-state index contributed by atoms with van der Waals surface area (Å²) >= 11 is 1.14. The van der Waals surface area contributed by atoms with E-state index in [1.165, 1.54) is 9.47 Å². The van der Waals surface area contributed by atoms with Crippen LogP contribution in [0.1, 0.15) is 11.1 Å². The quantitative estimate of drug-likeness (QED) is 0.316. The lowest BCUT2D eigenvalue weighted by molar-refractivity contribution is -0.131. The summed E-state index contributed by atoms with van der Waals surface area (Å²) in [5, 5.41) is 3.62. The van der Waals surface area contributed by atoms with Crippen molar-refractivity contribution in [3.8, 4) is 5.82 Å². The summed E-state index contributed by atoms with van der Waals surface area (Å²) in [4.78, 5) is 48.9. The van der Waals surface area contributed by atoms with Crippen LogP contribution in [-0.4, -0.2) is 50.6 Å². The van der Waals surface area contributed by atoms with E-state index >= 15 is 0 Å². The zero-order valence-electron chi connectivity index (χ0n) is 19.7. The summed E-state index contributed by atoms with van der Waals surface area (Å²) < 4.78 is 1.44. The molecule has 0 spiro atoms. The molecule has 35 heavy (non-hydrogen) atoms. The lowest BCUT2D eigenvalue weighted by atomic mass is 10.2. The predicted molar refractivity (Wildman–Crippen MR) is 138 cm³/mol. The number of rotatable bonds is 7. The first-order chi connectivity index (χ1) is 16.8. The smallest absolute Gasteiger partial charge is 0.267 e. The summed E-state index contributed by atoms with van der Waals surface area (Å²) in [7, 11) is 1.57. The molecular weight excluding hydrogens is 462 g/mol. The number of amides is 2. The van der Waals surface area contributed by atoms with Gasteiger partial charge in [0.2, 0.25) is 11.8 Å². The number of hydrogen-bond acceptors (Lipinski definition) is 6. The minimum absolute atomic E-state index is 0.00493. The van der Waals surface area contributed by atoms with E-state index in [-0.39, 0.29) is 29.7 Å². The number of nitrogens with zero attached hydrogens (tertiary/aromatic N) is 4. The van der Waals surface area contributed by atoms with Gasteiger partial charge in [-0.1, -0.05) is 47.7 Å². The van der Waals surface area contributed by atoms with Crippen molar-refractivity contribution in [3.63, 3.8) is 0 Å². The number of thioether (sulfide) groups is 1. The maximum atomic E-state index is 13.3. The maximum Gasteiger partial charge on any atom is 0.267 e. The number of aromatic nitrogens is 3. The largest absolute Gasteiger partial charge is 0.336 e. The standard InChI is InChI=1S/C26H25N5O3S/c1-17-10-12-19(13-11-17)28-22(32)15-30(3)23(33)16-35-26-29-21-9-5-4-8-20(21)25(34)31(26)24-18(2)7-6-14-27-24/h4-14H,15-16H2,1-3H3,(H,28,32). The van der Waals surface area contributed by atoms with Gasteiger partial charge in [0.1, 0.15) is 5.82 Å². The molecule has 4 aromatic rings. The monoisotopic (exact) mass is 487 g/mol. The summed E-state index contributed by atoms with van der Waals surface area (Å²) in [6.45, 7) is 3.74. The Kier molecular flexibility index (Phi) is 7.26. The Balaban J connectivity index is 1.52. The molecule has 0 bridgehead atoms. The highest BCUT2D eigenvalue weighted by Gasteiger charge is 2.19. The molecule has 2 amide bonds. The highest BCUT2D eigenvalue weighted by Crippen LogP contribution is 2.22. The van der Waals surface area contributed by atoms with Crippen LogP contribution in [0.4, 0.5) is 5.69 Å². The Labute approximate surface area is 207 Å². The van der Waals surface area contributed by atoms with Crippen molar-refractivity contribution in [2.45, 2.75) is 19.0 Å². The normalized spacial score (nSPS) is 10.8. The molecule has 1 N–H and O–H groups in total. The summed E-state index contributed by atoms with van der Waals surface area (Å²) in [6, 6.07) is 18.2. The molecule has 2 heterocycles.